The van der Waals surface area contributed by atoms with Gasteiger partial charge in [0.25, 0.3) is 0 Å². The quantitative estimate of drug-likeness (QED) is 0.411. The second-order valence-corrected chi connectivity index (χ2v) is 2.68. The summed E-state index contributed by atoms with van der Waals surface area (Å²) in [6, 6.07) is 0. The van der Waals surface area contributed by atoms with E-state index in [4.69, 9.17) is 5.73 Å². The van der Waals surface area contributed by atoms with Gasteiger partial charge in [-0.3, -0.25) is 4.79 Å². The van der Waals surface area contributed by atoms with E-state index in [9.17, 15) is 4.79 Å². The summed E-state index contributed by atoms with van der Waals surface area (Å²) in [6.45, 7) is 12.2. The SMILES string of the molecule is CC.CC(N)=NC=O.CCC(C)C. The first kappa shape index (κ1) is 18.0. The second kappa shape index (κ2) is 17.3. The van der Waals surface area contributed by atoms with Crippen LogP contribution >= 0.6 is 0 Å². The number of carbonyl (C=O) groups is 1. The predicted molar refractivity (Wildman–Crippen MR) is 59.8 cm³/mol. The average Bonchev–Trinajstić information content (AvgIpc) is 2.09. The van der Waals surface area contributed by atoms with E-state index in [2.05, 4.69) is 25.8 Å². The van der Waals surface area contributed by atoms with Crippen molar-refractivity contribution in [3.8, 4) is 0 Å². The van der Waals surface area contributed by atoms with Gasteiger partial charge in [0.2, 0.25) is 6.41 Å². The molecule has 0 saturated heterocycles. The van der Waals surface area contributed by atoms with Crippen LogP contribution in [0.25, 0.3) is 0 Å². The lowest BCUT2D eigenvalue weighted by molar-refractivity contribution is -0.106. The Morgan fingerprint density at radius 1 is 1.46 bits per heavy atom. The molecule has 80 valence electrons. The van der Waals surface area contributed by atoms with Crippen LogP contribution in [0.1, 0.15) is 48.0 Å². The molecular weight excluding hydrogens is 164 g/mol. The van der Waals surface area contributed by atoms with Gasteiger partial charge < -0.3 is 5.73 Å². The largest absolute Gasteiger partial charge is 0.387 e. The summed E-state index contributed by atoms with van der Waals surface area (Å²) in [6.07, 6.45) is 1.72. The smallest absolute Gasteiger partial charge is 0.234 e. The van der Waals surface area contributed by atoms with Crippen LogP contribution in [0.15, 0.2) is 4.99 Å². The number of carbonyl (C=O) groups excluding carboxylic acids is 1. The highest BCUT2D eigenvalue weighted by Gasteiger charge is 1.80. The molecule has 0 heterocycles. The van der Waals surface area contributed by atoms with E-state index in [1.165, 1.54) is 6.42 Å². The van der Waals surface area contributed by atoms with Gasteiger partial charge >= 0.3 is 0 Å². The molecule has 0 aliphatic carbocycles. The minimum Gasteiger partial charge on any atom is -0.387 e. The Labute approximate surface area is 82.4 Å². The highest BCUT2D eigenvalue weighted by atomic mass is 16.1. The average molecular weight is 188 g/mol. The molecule has 0 fully saturated rings. The fourth-order valence-corrected chi connectivity index (χ4v) is 0.0831. The molecule has 0 saturated carbocycles. The van der Waals surface area contributed by atoms with Crippen molar-refractivity contribution < 1.29 is 4.79 Å². The molecule has 0 rings (SSSR count). The molecule has 0 aromatic carbocycles. The van der Waals surface area contributed by atoms with Gasteiger partial charge in [0.15, 0.2) is 0 Å². The predicted octanol–water partition coefficient (Wildman–Crippen LogP) is 2.60. The summed E-state index contributed by atoms with van der Waals surface area (Å²) in [5.74, 6) is 1.18. The van der Waals surface area contributed by atoms with E-state index in [1.807, 2.05) is 13.8 Å². The van der Waals surface area contributed by atoms with Crippen LogP contribution in [-0.4, -0.2) is 12.2 Å². The number of nitrogens with zero attached hydrogens (tertiary/aromatic N) is 1. The number of aliphatic imine (C=N–C) groups is 1. The Bertz CT molecular complexity index is 116. The maximum absolute atomic E-state index is 9.35. The van der Waals surface area contributed by atoms with E-state index >= 15 is 0 Å². The van der Waals surface area contributed by atoms with E-state index in [-0.39, 0.29) is 0 Å². The molecule has 0 spiro atoms. The van der Waals surface area contributed by atoms with E-state index in [0.717, 1.165) is 5.92 Å². The highest BCUT2D eigenvalue weighted by Crippen LogP contribution is 1.93. The van der Waals surface area contributed by atoms with Crippen LogP contribution in [0.4, 0.5) is 0 Å². The Balaban J connectivity index is -0.000000131. The second-order valence-electron chi connectivity index (χ2n) is 2.68. The lowest BCUT2D eigenvalue weighted by atomic mass is 10.2. The molecule has 0 unspecified atom stereocenters. The van der Waals surface area contributed by atoms with E-state index < -0.39 is 0 Å². The summed E-state index contributed by atoms with van der Waals surface area (Å²) in [5.41, 5.74) is 4.92. The molecule has 3 nitrogen and oxygen atoms in total. The van der Waals surface area contributed by atoms with Crippen LogP contribution < -0.4 is 5.73 Å². The lowest BCUT2D eigenvalue weighted by Crippen LogP contribution is -2.04. The fourth-order valence-electron chi connectivity index (χ4n) is 0.0831. The van der Waals surface area contributed by atoms with E-state index in [0.29, 0.717) is 12.2 Å². The van der Waals surface area contributed by atoms with Gasteiger partial charge in [0.05, 0.1) is 5.84 Å². The molecule has 2 N–H and O–H groups in total. The zero-order valence-corrected chi connectivity index (χ0v) is 9.79. The zero-order valence-electron chi connectivity index (χ0n) is 9.79. The van der Waals surface area contributed by atoms with Gasteiger partial charge in [-0.05, 0) is 12.8 Å². The summed E-state index contributed by atoms with van der Waals surface area (Å²) in [5, 5.41) is 0. The maximum atomic E-state index is 9.35. The Morgan fingerprint density at radius 2 is 1.77 bits per heavy atom. The van der Waals surface area contributed by atoms with Gasteiger partial charge in [-0.25, -0.2) is 4.99 Å². The number of nitrogens with two attached hydrogens (primary N) is 1. The van der Waals surface area contributed by atoms with Gasteiger partial charge in [-0.15, -0.1) is 0 Å². The molecule has 0 bridgehead atoms. The van der Waals surface area contributed by atoms with Gasteiger partial charge in [0.1, 0.15) is 0 Å². The topological polar surface area (TPSA) is 55.4 Å². The van der Waals surface area contributed by atoms with Gasteiger partial charge in [-0.2, -0.15) is 0 Å². The third kappa shape index (κ3) is 54.3. The highest BCUT2D eigenvalue weighted by molar-refractivity contribution is 5.83. The van der Waals surface area contributed by atoms with Crippen molar-refractivity contribution in [2.75, 3.05) is 0 Å². The molecule has 0 atom stereocenters. The van der Waals surface area contributed by atoms with E-state index in [1.54, 1.807) is 6.92 Å². The maximum Gasteiger partial charge on any atom is 0.234 e. The number of rotatable bonds is 2. The van der Waals surface area contributed by atoms with Crippen molar-refractivity contribution >= 4 is 12.2 Å². The summed E-state index contributed by atoms with van der Waals surface area (Å²) in [7, 11) is 0. The first-order chi connectivity index (χ1) is 6.04. The minimum absolute atomic E-state index is 0.296. The Morgan fingerprint density at radius 3 is 1.77 bits per heavy atom. The Hall–Kier alpha value is -0.860. The van der Waals surface area contributed by atoms with Crippen molar-refractivity contribution in [2.24, 2.45) is 16.6 Å². The molecule has 0 aromatic rings. The molecular formula is C10H24N2O. The van der Waals surface area contributed by atoms with Crippen molar-refractivity contribution in [1.29, 1.82) is 0 Å². The van der Waals surface area contributed by atoms with Crippen LogP contribution in [0.3, 0.4) is 0 Å². The molecule has 13 heavy (non-hydrogen) atoms. The zero-order chi connectivity index (χ0) is 11.3. The number of hydrogen-bond acceptors (Lipinski definition) is 1. The normalized spacial score (nSPS) is 9.31. The summed E-state index contributed by atoms with van der Waals surface area (Å²) < 4.78 is 0. The van der Waals surface area contributed by atoms with Crippen molar-refractivity contribution in [2.45, 2.75) is 48.0 Å². The van der Waals surface area contributed by atoms with Gasteiger partial charge in [0, 0.05) is 0 Å². The van der Waals surface area contributed by atoms with Crippen molar-refractivity contribution in [3.05, 3.63) is 0 Å². The summed E-state index contributed by atoms with van der Waals surface area (Å²) >= 11 is 0. The summed E-state index contributed by atoms with van der Waals surface area (Å²) in [4.78, 5) is 12.5. The van der Waals surface area contributed by atoms with Crippen molar-refractivity contribution in [1.82, 2.24) is 0 Å². The molecule has 1 amide bonds. The molecule has 0 radical (unpaired) electrons. The first-order valence-electron chi connectivity index (χ1n) is 4.78. The number of amidine groups is 1. The first-order valence-corrected chi connectivity index (χ1v) is 4.78. The molecule has 3 heteroatoms. The fraction of sp³-hybridized carbons (Fsp3) is 0.800. The Kier molecular flexibility index (Phi) is 24.0. The minimum atomic E-state index is 0.296. The molecule has 0 aliphatic rings. The van der Waals surface area contributed by atoms with Crippen molar-refractivity contribution in [3.63, 3.8) is 0 Å². The van der Waals surface area contributed by atoms with Crippen LogP contribution in [0.2, 0.25) is 0 Å². The molecule has 0 aromatic heterocycles. The standard InChI is InChI=1S/C5H12.C3H6N2O.C2H6/c1-4-5(2)3;1-3(4)5-2-6;1-2/h5H,4H2,1-3H3;2H,1H3,(H2,4,5,6);1-2H3. The third-order valence-corrected chi connectivity index (χ3v) is 1.07. The number of hydrogen-bond donors (Lipinski definition) is 1. The van der Waals surface area contributed by atoms with Crippen LogP contribution in [0.5, 0.6) is 0 Å². The molecule has 0 aliphatic heterocycles. The van der Waals surface area contributed by atoms with Gasteiger partial charge in [-0.1, -0.05) is 41.0 Å². The van der Waals surface area contributed by atoms with Crippen LogP contribution in [-0.2, 0) is 4.79 Å². The monoisotopic (exact) mass is 188 g/mol. The third-order valence-electron chi connectivity index (χ3n) is 1.07. The number of amides is 1. The van der Waals surface area contributed by atoms with Crippen LogP contribution in [0, 0.1) is 5.92 Å². The lowest BCUT2D eigenvalue weighted by Gasteiger charge is -1.90.